The average Bonchev–Trinajstić information content (AvgIpc) is 2.87. The molecule has 0 bridgehead atoms. The van der Waals surface area contributed by atoms with E-state index in [-0.39, 0.29) is 17.9 Å². The third kappa shape index (κ3) is 6.64. The Hall–Kier alpha value is -1.93. The number of fused-ring (bicyclic) bond motifs is 1. The molecule has 1 aliphatic heterocycles. The highest BCUT2D eigenvalue weighted by molar-refractivity contribution is 7.99. The molecule has 1 saturated heterocycles. The molecule has 1 aromatic carbocycles. The third-order valence-electron chi connectivity index (χ3n) is 7.64. The lowest BCUT2D eigenvalue weighted by atomic mass is 9.81. The molecule has 5 nitrogen and oxygen atoms in total. The number of rotatable bonds is 10. The number of nitrogens with zero attached hydrogens (tertiary/aromatic N) is 2. The number of carboxylic acid groups (broad SMARTS) is 1. The fraction of sp³-hybridized carbons (Fsp3) is 0.630. The molecule has 0 spiro atoms. The Labute approximate surface area is 210 Å². The van der Waals surface area contributed by atoms with Crippen LogP contribution in [0, 0.1) is 17.7 Å². The van der Waals surface area contributed by atoms with Crippen LogP contribution in [0.2, 0.25) is 0 Å². The number of carbonyl (C=O) groups is 1. The van der Waals surface area contributed by atoms with Gasteiger partial charge >= 0.3 is 5.97 Å². The molecular formula is C27H36F2N2O3S. The Morgan fingerprint density at radius 3 is 2.83 bits per heavy atom. The van der Waals surface area contributed by atoms with E-state index in [0.29, 0.717) is 29.6 Å². The zero-order valence-corrected chi connectivity index (χ0v) is 21.2. The highest BCUT2D eigenvalue weighted by Crippen LogP contribution is 2.37. The minimum Gasteiger partial charge on any atom is -0.497 e. The van der Waals surface area contributed by atoms with E-state index in [1.54, 1.807) is 18.2 Å². The molecule has 2 unspecified atom stereocenters. The molecule has 1 saturated carbocycles. The number of halogens is 2. The van der Waals surface area contributed by atoms with E-state index >= 15 is 4.39 Å². The molecule has 2 aromatic rings. The van der Waals surface area contributed by atoms with Gasteiger partial charge in [0.2, 0.25) is 0 Å². The summed E-state index contributed by atoms with van der Waals surface area (Å²) in [5, 5.41) is 11.0. The minimum absolute atomic E-state index is 0.0158. The van der Waals surface area contributed by atoms with E-state index in [1.165, 1.54) is 39.2 Å². The van der Waals surface area contributed by atoms with Gasteiger partial charge in [-0.1, -0.05) is 19.3 Å². The maximum absolute atomic E-state index is 15.4. The second-order valence-electron chi connectivity index (χ2n) is 9.87. The van der Waals surface area contributed by atoms with Gasteiger partial charge in [-0.05, 0) is 62.8 Å². The van der Waals surface area contributed by atoms with E-state index in [9.17, 15) is 14.3 Å². The minimum atomic E-state index is -1.54. The van der Waals surface area contributed by atoms with Crippen molar-refractivity contribution >= 4 is 28.6 Å². The van der Waals surface area contributed by atoms with Crippen molar-refractivity contribution in [2.75, 3.05) is 32.5 Å². The Balaban J connectivity index is 1.34. The number of piperidine rings is 1. The number of hydrogen-bond donors (Lipinski definition) is 1. The molecule has 1 aliphatic carbocycles. The highest BCUT2D eigenvalue weighted by Gasteiger charge is 2.35. The van der Waals surface area contributed by atoms with E-state index in [1.807, 2.05) is 11.8 Å². The van der Waals surface area contributed by atoms with Gasteiger partial charge in [0, 0.05) is 35.0 Å². The first-order valence-electron chi connectivity index (χ1n) is 12.8. The molecule has 2 heterocycles. The van der Waals surface area contributed by atoms with Crippen molar-refractivity contribution < 1.29 is 23.4 Å². The summed E-state index contributed by atoms with van der Waals surface area (Å²) in [5.41, 5.74) is 0.491. The van der Waals surface area contributed by atoms with Gasteiger partial charge < -0.3 is 14.7 Å². The number of carboxylic acids is 1. The van der Waals surface area contributed by atoms with E-state index in [0.717, 1.165) is 36.7 Å². The van der Waals surface area contributed by atoms with Gasteiger partial charge in [0.05, 0.1) is 24.7 Å². The largest absolute Gasteiger partial charge is 0.497 e. The summed E-state index contributed by atoms with van der Waals surface area (Å²) >= 11 is 2.03. The summed E-state index contributed by atoms with van der Waals surface area (Å²) in [4.78, 5) is 18.4. The monoisotopic (exact) mass is 506 g/mol. The SMILES string of the molecule is COc1ccc2ncc(F)c([C@H](F)CCC3CCN(CCSC4CCCCC4)CC3C(=O)O)c2c1. The Bertz CT molecular complexity index is 1000. The normalized spacial score (nSPS) is 22.8. The number of methoxy groups -OCH3 is 1. The Morgan fingerprint density at radius 2 is 2.09 bits per heavy atom. The smallest absolute Gasteiger partial charge is 0.308 e. The van der Waals surface area contributed by atoms with E-state index in [2.05, 4.69) is 9.88 Å². The molecule has 2 fully saturated rings. The predicted molar refractivity (Wildman–Crippen MR) is 136 cm³/mol. The Kier molecular flexibility index (Phi) is 9.22. The molecule has 2 aliphatic rings. The van der Waals surface area contributed by atoms with Gasteiger partial charge in [-0.3, -0.25) is 9.78 Å². The Morgan fingerprint density at radius 1 is 1.29 bits per heavy atom. The van der Waals surface area contributed by atoms with Gasteiger partial charge in [-0.15, -0.1) is 0 Å². The topological polar surface area (TPSA) is 62.7 Å². The van der Waals surface area contributed by atoms with Crippen molar-refractivity contribution in [3.63, 3.8) is 0 Å². The number of hydrogen-bond acceptors (Lipinski definition) is 5. The second kappa shape index (κ2) is 12.3. The van der Waals surface area contributed by atoms with Crippen LogP contribution in [0.25, 0.3) is 10.9 Å². The van der Waals surface area contributed by atoms with Crippen molar-refractivity contribution in [2.24, 2.45) is 11.8 Å². The second-order valence-corrected chi connectivity index (χ2v) is 11.3. The van der Waals surface area contributed by atoms with Crippen molar-refractivity contribution in [3.8, 4) is 5.75 Å². The third-order valence-corrected chi connectivity index (χ3v) is 9.00. The van der Waals surface area contributed by atoms with Crippen LogP contribution in [-0.2, 0) is 4.79 Å². The number of ether oxygens (including phenoxy) is 1. The molecule has 192 valence electrons. The fourth-order valence-corrected chi connectivity index (χ4v) is 6.96. The standard InChI is InChI=1S/C27H36F2N2O3S/c1-34-19-8-10-25-21(15-19)26(24(29)16-30-25)23(28)9-7-18-11-12-31(17-22(18)27(32)33)13-14-35-20-5-3-2-4-6-20/h8,10,15-16,18,20,22-23H,2-7,9,11-14,17H2,1H3,(H,32,33)/t18?,22?,23-/m1/s1. The number of benzene rings is 1. The number of aliphatic carboxylic acids is 1. The lowest BCUT2D eigenvalue weighted by Gasteiger charge is -2.37. The summed E-state index contributed by atoms with van der Waals surface area (Å²) in [7, 11) is 1.51. The first kappa shape index (κ1) is 26.1. The van der Waals surface area contributed by atoms with E-state index in [4.69, 9.17) is 4.74 Å². The fourth-order valence-electron chi connectivity index (χ4n) is 5.59. The van der Waals surface area contributed by atoms with Crippen LogP contribution >= 0.6 is 11.8 Å². The van der Waals surface area contributed by atoms with Crippen molar-refractivity contribution in [3.05, 3.63) is 35.8 Å². The van der Waals surface area contributed by atoms with Gasteiger partial charge in [-0.25, -0.2) is 8.78 Å². The molecule has 3 atom stereocenters. The number of alkyl halides is 1. The summed E-state index contributed by atoms with van der Waals surface area (Å²) in [5.74, 6) is -0.586. The summed E-state index contributed by atoms with van der Waals surface area (Å²) in [6.45, 7) is 2.24. The molecule has 1 aromatic heterocycles. The summed E-state index contributed by atoms with van der Waals surface area (Å²) < 4.78 is 35.3. The first-order valence-corrected chi connectivity index (χ1v) is 13.8. The first-order chi connectivity index (χ1) is 17.0. The van der Waals surface area contributed by atoms with Crippen LogP contribution in [0.1, 0.15) is 63.1 Å². The summed E-state index contributed by atoms with van der Waals surface area (Å²) in [6.07, 6.45) is 7.35. The predicted octanol–water partition coefficient (Wildman–Crippen LogP) is 6.26. The zero-order chi connectivity index (χ0) is 24.8. The van der Waals surface area contributed by atoms with Crippen LogP contribution < -0.4 is 4.74 Å². The van der Waals surface area contributed by atoms with Gasteiger partial charge in [0.1, 0.15) is 17.7 Å². The van der Waals surface area contributed by atoms with Crippen molar-refractivity contribution in [1.82, 2.24) is 9.88 Å². The maximum atomic E-state index is 15.4. The molecule has 35 heavy (non-hydrogen) atoms. The zero-order valence-electron chi connectivity index (χ0n) is 20.4. The van der Waals surface area contributed by atoms with Crippen LogP contribution in [0.4, 0.5) is 8.78 Å². The quantitative estimate of drug-likeness (QED) is 0.410. The van der Waals surface area contributed by atoms with E-state index < -0.39 is 23.9 Å². The molecule has 8 heteroatoms. The van der Waals surface area contributed by atoms with Gasteiger partial charge in [-0.2, -0.15) is 11.8 Å². The molecule has 4 rings (SSSR count). The number of thioether (sulfide) groups is 1. The van der Waals surface area contributed by atoms with Crippen LogP contribution in [0.15, 0.2) is 24.4 Å². The van der Waals surface area contributed by atoms with Crippen LogP contribution in [0.5, 0.6) is 5.75 Å². The average molecular weight is 507 g/mol. The number of aromatic nitrogens is 1. The molecular weight excluding hydrogens is 470 g/mol. The van der Waals surface area contributed by atoms with Gasteiger partial charge in [0.15, 0.2) is 0 Å². The van der Waals surface area contributed by atoms with Crippen LogP contribution in [-0.4, -0.2) is 58.7 Å². The molecule has 0 radical (unpaired) electrons. The van der Waals surface area contributed by atoms with Crippen LogP contribution in [0.3, 0.4) is 0 Å². The van der Waals surface area contributed by atoms with Gasteiger partial charge in [0.25, 0.3) is 0 Å². The maximum Gasteiger partial charge on any atom is 0.308 e. The highest BCUT2D eigenvalue weighted by atomic mass is 32.2. The van der Waals surface area contributed by atoms with Crippen molar-refractivity contribution in [2.45, 2.75) is 62.8 Å². The molecule has 0 amide bonds. The van der Waals surface area contributed by atoms with Crippen molar-refractivity contribution in [1.29, 1.82) is 0 Å². The lowest BCUT2D eigenvalue weighted by Crippen LogP contribution is -2.44. The summed E-state index contributed by atoms with van der Waals surface area (Å²) in [6, 6.07) is 5.01. The number of pyridine rings is 1. The lowest BCUT2D eigenvalue weighted by molar-refractivity contribution is -0.146. The molecule has 1 N–H and O–H groups in total. The number of likely N-dealkylation sites (tertiary alicyclic amines) is 1.